The molecule has 2 fully saturated rings. The van der Waals surface area contributed by atoms with Crippen LogP contribution < -0.4 is 0 Å². The van der Waals surface area contributed by atoms with Gasteiger partial charge in [-0.2, -0.15) is 13.2 Å². The molecule has 2 aliphatic rings. The van der Waals surface area contributed by atoms with Gasteiger partial charge in [0.1, 0.15) is 0 Å². The quantitative estimate of drug-likeness (QED) is 0.740. The monoisotopic (exact) mass is 434 g/mol. The molecule has 3 heterocycles. The third kappa shape index (κ3) is 5.22. The minimum absolute atomic E-state index is 0.00415. The molecule has 9 heteroatoms. The number of likely N-dealkylation sites (tertiary alicyclic amines) is 1. The number of hydrogen-bond acceptors (Lipinski definition) is 5. The molecule has 0 N–H and O–H groups in total. The summed E-state index contributed by atoms with van der Waals surface area (Å²) < 4.78 is 44.8. The number of morpholine rings is 1. The lowest BCUT2D eigenvalue weighted by atomic mass is 9.91. The van der Waals surface area contributed by atoms with Crippen molar-refractivity contribution in [2.24, 2.45) is 0 Å². The molecule has 4 rings (SSSR count). The molecule has 166 valence electrons. The second-order valence-corrected chi connectivity index (χ2v) is 7.94. The maximum absolute atomic E-state index is 13.2. The Labute approximate surface area is 179 Å². The Kier molecular flexibility index (Phi) is 6.52. The molecular weight excluding hydrogens is 409 g/mol. The number of aromatic nitrogens is 2. The third-order valence-corrected chi connectivity index (χ3v) is 5.80. The highest BCUT2D eigenvalue weighted by Crippen LogP contribution is 2.35. The molecule has 0 radical (unpaired) electrons. The topological polar surface area (TPSA) is 58.6 Å². The zero-order valence-electron chi connectivity index (χ0n) is 17.1. The van der Waals surface area contributed by atoms with Crippen molar-refractivity contribution in [3.63, 3.8) is 0 Å². The first kappa shape index (κ1) is 21.7. The van der Waals surface area contributed by atoms with Crippen molar-refractivity contribution in [1.82, 2.24) is 19.8 Å². The third-order valence-electron chi connectivity index (χ3n) is 5.80. The van der Waals surface area contributed by atoms with Gasteiger partial charge in [0.2, 0.25) is 5.91 Å². The molecule has 2 aliphatic heterocycles. The summed E-state index contributed by atoms with van der Waals surface area (Å²) in [5, 5.41) is 0. The number of nitrogens with zero attached hydrogens (tertiary/aromatic N) is 4. The molecule has 0 saturated carbocycles. The van der Waals surface area contributed by atoms with E-state index in [1.54, 1.807) is 12.3 Å². The van der Waals surface area contributed by atoms with Gasteiger partial charge in [0.05, 0.1) is 36.7 Å². The van der Waals surface area contributed by atoms with Crippen molar-refractivity contribution in [3.05, 3.63) is 47.9 Å². The lowest BCUT2D eigenvalue weighted by Crippen LogP contribution is -2.47. The van der Waals surface area contributed by atoms with Crippen LogP contribution in [0, 0.1) is 0 Å². The minimum atomic E-state index is -4.42. The summed E-state index contributed by atoms with van der Waals surface area (Å²) in [5.41, 5.74) is 0.854. The van der Waals surface area contributed by atoms with Gasteiger partial charge >= 0.3 is 6.18 Å². The number of ether oxygens (including phenoxy) is 1. The first-order valence-electron chi connectivity index (χ1n) is 10.5. The van der Waals surface area contributed by atoms with E-state index in [1.165, 1.54) is 12.3 Å². The van der Waals surface area contributed by atoms with E-state index < -0.39 is 11.7 Å². The summed E-state index contributed by atoms with van der Waals surface area (Å²) in [6.07, 6.45) is 0.401. The van der Waals surface area contributed by atoms with Crippen molar-refractivity contribution in [1.29, 1.82) is 0 Å². The normalized spacial score (nSPS) is 20.6. The predicted molar refractivity (Wildman–Crippen MR) is 108 cm³/mol. The number of benzene rings is 1. The number of hydrogen-bond donors (Lipinski definition) is 0. The maximum Gasteiger partial charge on any atom is 0.416 e. The van der Waals surface area contributed by atoms with Crippen molar-refractivity contribution in [2.45, 2.75) is 24.9 Å². The summed E-state index contributed by atoms with van der Waals surface area (Å²) in [6.45, 7) is 4.12. The Morgan fingerprint density at radius 1 is 1.13 bits per heavy atom. The Balaban J connectivity index is 1.52. The van der Waals surface area contributed by atoms with Gasteiger partial charge in [-0.05, 0) is 31.5 Å². The summed E-state index contributed by atoms with van der Waals surface area (Å²) in [5.74, 6) is 0.0886. The van der Waals surface area contributed by atoms with Gasteiger partial charge in [-0.15, -0.1) is 0 Å². The Morgan fingerprint density at radius 2 is 1.90 bits per heavy atom. The van der Waals surface area contributed by atoms with Gasteiger partial charge in [-0.3, -0.25) is 19.7 Å². The molecule has 1 aromatic heterocycles. The molecule has 31 heavy (non-hydrogen) atoms. The first-order chi connectivity index (χ1) is 14.9. The van der Waals surface area contributed by atoms with Crippen molar-refractivity contribution >= 4 is 5.91 Å². The minimum Gasteiger partial charge on any atom is -0.378 e. The van der Waals surface area contributed by atoms with Crippen LogP contribution in [0.15, 0.2) is 36.7 Å². The Hall–Kier alpha value is -2.52. The van der Waals surface area contributed by atoms with E-state index in [0.29, 0.717) is 56.3 Å². The van der Waals surface area contributed by atoms with Crippen LogP contribution in [0.5, 0.6) is 0 Å². The lowest BCUT2D eigenvalue weighted by Gasteiger charge is -2.34. The lowest BCUT2D eigenvalue weighted by molar-refractivity contribution is -0.138. The van der Waals surface area contributed by atoms with E-state index in [-0.39, 0.29) is 11.8 Å². The molecule has 0 unspecified atom stereocenters. The van der Waals surface area contributed by atoms with Crippen LogP contribution >= 0.6 is 0 Å². The van der Waals surface area contributed by atoms with E-state index in [2.05, 4.69) is 14.9 Å². The summed E-state index contributed by atoms with van der Waals surface area (Å²) >= 11 is 0. The average molecular weight is 434 g/mol. The van der Waals surface area contributed by atoms with Gasteiger partial charge in [-0.25, -0.2) is 0 Å². The first-order valence-corrected chi connectivity index (χ1v) is 10.5. The largest absolute Gasteiger partial charge is 0.416 e. The summed E-state index contributed by atoms with van der Waals surface area (Å²) in [7, 11) is 0. The van der Waals surface area contributed by atoms with Crippen LogP contribution in [0.25, 0.3) is 11.3 Å². The molecule has 2 aromatic rings. The van der Waals surface area contributed by atoms with E-state index in [1.807, 2.05) is 4.90 Å². The fourth-order valence-corrected chi connectivity index (χ4v) is 4.24. The molecular formula is C22H25F3N4O2. The number of carbonyl (C=O) groups excluding carboxylic acids is 1. The standard InChI is InChI=1S/C22H25F3N4O2/c23-22(24,25)18-5-1-3-16(13-18)20-21(27-7-6-26-20)17-4-2-8-28(14-17)15-19(30)29-9-11-31-12-10-29/h1,3,5-7,13,17H,2,4,8-12,14-15H2/t17-/m1/s1. The Morgan fingerprint density at radius 3 is 2.68 bits per heavy atom. The highest BCUT2D eigenvalue weighted by molar-refractivity contribution is 5.78. The molecule has 1 atom stereocenters. The molecule has 2 saturated heterocycles. The number of rotatable bonds is 4. The second-order valence-electron chi connectivity index (χ2n) is 7.94. The van der Waals surface area contributed by atoms with Crippen LogP contribution in [0.2, 0.25) is 0 Å². The number of piperidine rings is 1. The SMILES string of the molecule is O=C(CN1CCC[C@@H](c2nccnc2-c2cccc(C(F)(F)F)c2)C1)N1CCOCC1. The second kappa shape index (κ2) is 9.32. The molecule has 6 nitrogen and oxygen atoms in total. The van der Waals surface area contributed by atoms with E-state index >= 15 is 0 Å². The van der Waals surface area contributed by atoms with Gasteiger partial charge in [0, 0.05) is 43.5 Å². The van der Waals surface area contributed by atoms with Crippen molar-refractivity contribution in [2.75, 3.05) is 45.9 Å². The summed E-state index contributed by atoms with van der Waals surface area (Å²) in [4.78, 5) is 25.4. The molecule has 0 spiro atoms. The fourth-order valence-electron chi connectivity index (χ4n) is 4.24. The number of carbonyl (C=O) groups is 1. The molecule has 0 bridgehead atoms. The highest BCUT2D eigenvalue weighted by Gasteiger charge is 2.32. The van der Waals surface area contributed by atoms with Gasteiger partial charge in [0.15, 0.2) is 0 Å². The van der Waals surface area contributed by atoms with Crippen molar-refractivity contribution in [3.8, 4) is 11.3 Å². The number of alkyl halides is 3. The predicted octanol–water partition coefficient (Wildman–Crippen LogP) is 3.20. The van der Waals surface area contributed by atoms with Crippen LogP contribution in [0.3, 0.4) is 0 Å². The summed E-state index contributed by atoms with van der Waals surface area (Å²) in [6, 6.07) is 5.20. The molecule has 1 amide bonds. The smallest absolute Gasteiger partial charge is 0.378 e. The van der Waals surface area contributed by atoms with Crippen LogP contribution in [-0.4, -0.2) is 71.6 Å². The number of halogens is 3. The molecule has 1 aromatic carbocycles. The zero-order valence-corrected chi connectivity index (χ0v) is 17.1. The van der Waals surface area contributed by atoms with Gasteiger partial charge < -0.3 is 9.64 Å². The van der Waals surface area contributed by atoms with E-state index in [0.717, 1.165) is 31.5 Å². The fraction of sp³-hybridized carbons (Fsp3) is 0.500. The molecule has 0 aliphatic carbocycles. The van der Waals surface area contributed by atoms with Gasteiger partial charge in [0.25, 0.3) is 0 Å². The Bertz CT molecular complexity index is 916. The maximum atomic E-state index is 13.2. The number of amides is 1. The van der Waals surface area contributed by atoms with E-state index in [9.17, 15) is 18.0 Å². The van der Waals surface area contributed by atoms with Gasteiger partial charge in [-0.1, -0.05) is 12.1 Å². The highest BCUT2D eigenvalue weighted by atomic mass is 19.4. The average Bonchev–Trinajstić information content (AvgIpc) is 2.79. The zero-order chi connectivity index (χ0) is 21.8. The van der Waals surface area contributed by atoms with Crippen molar-refractivity contribution < 1.29 is 22.7 Å². The van der Waals surface area contributed by atoms with Crippen LogP contribution in [0.4, 0.5) is 13.2 Å². The van der Waals surface area contributed by atoms with Crippen LogP contribution in [0.1, 0.15) is 30.0 Å². The van der Waals surface area contributed by atoms with Crippen LogP contribution in [-0.2, 0) is 15.7 Å². The van der Waals surface area contributed by atoms with E-state index in [4.69, 9.17) is 4.74 Å².